The molecule has 18 heavy (non-hydrogen) atoms. The SMILES string of the molecule is CC(C)(C)[Si](C)(C)O[C@H]1CCC[C@@]12CC[C@@H](O)C2. The zero-order chi connectivity index (χ0) is 13.6. The molecular formula is C15H30O2Si. The maximum absolute atomic E-state index is 9.89. The topological polar surface area (TPSA) is 29.5 Å². The second-order valence-electron chi connectivity index (χ2n) is 8.02. The van der Waals surface area contributed by atoms with Gasteiger partial charge in [0.15, 0.2) is 8.32 Å². The van der Waals surface area contributed by atoms with Gasteiger partial charge in [-0.1, -0.05) is 27.2 Å². The van der Waals surface area contributed by atoms with Crippen LogP contribution in [-0.2, 0) is 4.43 Å². The smallest absolute Gasteiger partial charge is 0.192 e. The molecule has 2 nitrogen and oxygen atoms in total. The molecule has 3 atom stereocenters. The standard InChI is InChI=1S/C15H30O2Si/c1-14(2,3)18(4,5)17-13-7-6-9-15(13)10-8-12(16)11-15/h12-13,16H,6-11H2,1-5H3/t12-,13+,15+/m1/s1. The van der Waals surface area contributed by atoms with E-state index in [9.17, 15) is 5.11 Å². The lowest BCUT2D eigenvalue weighted by Crippen LogP contribution is -2.47. The molecule has 1 N–H and O–H groups in total. The number of aliphatic hydroxyl groups excluding tert-OH is 1. The molecule has 106 valence electrons. The number of hydrogen-bond acceptors (Lipinski definition) is 2. The molecule has 0 aromatic rings. The summed E-state index contributed by atoms with van der Waals surface area (Å²) in [5.41, 5.74) is 0.314. The van der Waals surface area contributed by atoms with E-state index < -0.39 is 8.32 Å². The zero-order valence-electron chi connectivity index (χ0n) is 12.8. The molecule has 2 aliphatic carbocycles. The van der Waals surface area contributed by atoms with Gasteiger partial charge in [0.25, 0.3) is 0 Å². The summed E-state index contributed by atoms with van der Waals surface area (Å²) in [4.78, 5) is 0. The summed E-state index contributed by atoms with van der Waals surface area (Å²) in [7, 11) is -1.67. The van der Waals surface area contributed by atoms with Gasteiger partial charge < -0.3 is 9.53 Å². The van der Waals surface area contributed by atoms with Gasteiger partial charge in [-0.15, -0.1) is 0 Å². The van der Waals surface area contributed by atoms with Gasteiger partial charge in [-0.25, -0.2) is 0 Å². The van der Waals surface area contributed by atoms with Crippen molar-refractivity contribution in [3.63, 3.8) is 0 Å². The van der Waals surface area contributed by atoms with E-state index in [0.717, 1.165) is 12.8 Å². The van der Waals surface area contributed by atoms with Crippen LogP contribution in [0, 0.1) is 5.41 Å². The van der Waals surface area contributed by atoms with E-state index in [4.69, 9.17) is 4.43 Å². The van der Waals surface area contributed by atoms with E-state index in [-0.39, 0.29) is 11.1 Å². The molecule has 0 bridgehead atoms. The Balaban J connectivity index is 2.09. The van der Waals surface area contributed by atoms with Gasteiger partial charge in [0.1, 0.15) is 0 Å². The van der Waals surface area contributed by atoms with Gasteiger partial charge in [0.05, 0.1) is 12.2 Å². The minimum atomic E-state index is -1.67. The molecule has 2 saturated carbocycles. The monoisotopic (exact) mass is 270 g/mol. The third-order valence-electron chi connectivity index (χ3n) is 5.68. The lowest BCUT2D eigenvalue weighted by atomic mass is 9.82. The van der Waals surface area contributed by atoms with Crippen LogP contribution in [0.25, 0.3) is 0 Å². The molecule has 0 unspecified atom stereocenters. The van der Waals surface area contributed by atoms with Crippen molar-refractivity contribution in [3.8, 4) is 0 Å². The van der Waals surface area contributed by atoms with Crippen molar-refractivity contribution in [1.82, 2.24) is 0 Å². The first-order chi connectivity index (χ1) is 8.16. The molecule has 2 rings (SSSR count). The molecule has 2 aliphatic rings. The number of hydrogen-bond donors (Lipinski definition) is 1. The van der Waals surface area contributed by atoms with E-state index >= 15 is 0 Å². The van der Waals surface area contributed by atoms with E-state index in [0.29, 0.717) is 11.5 Å². The van der Waals surface area contributed by atoms with Gasteiger partial charge in [-0.2, -0.15) is 0 Å². The molecular weight excluding hydrogens is 240 g/mol. The van der Waals surface area contributed by atoms with Gasteiger partial charge in [-0.05, 0) is 55.7 Å². The third-order valence-corrected chi connectivity index (χ3v) is 10.2. The number of aliphatic hydroxyl groups is 1. The quantitative estimate of drug-likeness (QED) is 0.766. The molecule has 0 aromatic heterocycles. The highest BCUT2D eigenvalue weighted by molar-refractivity contribution is 6.74. The van der Waals surface area contributed by atoms with Crippen LogP contribution in [0.3, 0.4) is 0 Å². The lowest BCUT2D eigenvalue weighted by Gasteiger charge is -2.43. The summed E-state index contributed by atoms with van der Waals surface area (Å²) in [6, 6.07) is 0. The Labute approximate surface area is 113 Å². The van der Waals surface area contributed by atoms with E-state index in [1.807, 2.05) is 0 Å². The fourth-order valence-corrected chi connectivity index (χ4v) is 4.90. The predicted molar refractivity (Wildman–Crippen MR) is 78.2 cm³/mol. The fourth-order valence-electron chi connectivity index (χ4n) is 3.47. The number of rotatable bonds is 2. The summed E-state index contributed by atoms with van der Waals surface area (Å²) in [6.45, 7) is 11.6. The summed E-state index contributed by atoms with van der Waals surface area (Å²) in [6.07, 6.45) is 7.23. The Morgan fingerprint density at radius 3 is 2.33 bits per heavy atom. The molecule has 0 heterocycles. The molecule has 2 fully saturated rings. The van der Waals surface area contributed by atoms with Crippen molar-refractivity contribution in [2.24, 2.45) is 5.41 Å². The van der Waals surface area contributed by atoms with Crippen molar-refractivity contribution in [3.05, 3.63) is 0 Å². The maximum Gasteiger partial charge on any atom is 0.192 e. The predicted octanol–water partition coefficient (Wildman–Crippen LogP) is 4.09. The summed E-state index contributed by atoms with van der Waals surface area (Å²) in [5.74, 6) is 0. The van der Waals surface area contributed by atoms with Crippen LogP contribution in [-0.4, -0.2) is 25.6 Å². The van der Waals surface area contributed by atoms with E-state index in [1.165, 1.54) is 25.7 Å². The Morgan fingerprint density at radius 2 is 1.83 bits per heavy atom. The molecule has 0 amide bonds. The zero-order valence-corrected chi connectivity index (χ0v) is 13.8. The molecule has 3 heteroatoms. The highest BCUT2D eigenvalue weighted by Gasteiger charge is 2.51. The van der Waals surface area contributed by atoms with Crippen molar-refractivity contribution in [2.75, 3.05) is 0 Å². The Kier molecular flexibility index (Phi) is 3.72. The van der Waals surface area contributed by atoms with E-state index in [1.54, 1.807) is 0 Å². The van der Waals surface area contributed by atoms with Crippen molar-refractivity contribution in [1.29, 1.82) is 0 Å². The van der Waals surface area contributed by atoms with Crippen molar-refractivity contribution in [2.45, 2.75) is 89.6 Å². The van der Waals surface area contributed by atoms with Crippen LogP contribution in [0.15, 0.2) is 0 Å². The summed E-state index contributed by atoms with van der Waals surface area (Å²) >= 11 is 0. The van der Waals surface area contributed by atoms with Gasteiger partial charge >= 0.3 is 0 Å². The Bertz CT molecular complexity index is 308. The van der Waals surface area contributed by atoms with Crippen LogP contribution >= 0.6 is 0 Å². The second kappa shape index (κ2) is 4.60. The minimum Gasteiger partial charge on any atom is -0.413 e. The third kappa shape index (κ3) is 2.54. The normalized spacial score (nSPS) is 37.7. The average molecular weight is 270 g/mol. The average Bonchev–Trinajstić information content (AvgIpc) is 2.74. The first-order valence-electron chi connectivity index (χ1n) is 7.52. The molecule has 0 radical (unpaired) electrons. The van der Waals surface area contributed by atoms with Crippen LogP contribution in [0.2, 0.25) is 18.1 Å². The van der Waals surface area contributed by atoms with Crippen LogP contribution < -0.4 is 0 Å². The molecule has 0 aliphatic heterocycles. The maximum atomic E-state index is 9.89. The largest absolute Gasteiger partial charge is 0.413 e. The molecule has 0 aromatic carbocycles. The van der Waals surface area contributed by atoms with Crippen LogP contribution in [0.4, 0.5) is 0 Å². The van der Waals surface area contributed by atoms with Gasteiger partial charge in [0, 0.05) is 0 Å². The minimum absolute atomic E-state index is 0.0754. The first-order valence-corrected chi connectivity index (χ1v) is 10.4. The van der Waals surface area contributed by atoms with Crippen molar-refractivity contribution < 1.29 is 9.53 Å². The first kappa shape index (κ1) is 14.5. The second-order valence-corrected chi connectivity index (χ2v) is 12.8. The van der Waals surface area contributed by atoms with E-state index in [2.05, 4.69) is 33.9 Å². The van der Waals surface area contributed by atoms with Crippen LogP contribution in [0.1, 0.15) is 59.3 Å². The van der Waals surface area contributed by atoms with Crippen molar-refractivity contribution >= 4 is 8.32 Å². The van der Waals surface area contributed by atoms with Gasteiger partial charge in [-0.3, -0.25) is 0 Å². The fraction of sp³-hybridized carbons (Fsp3) is 1.00. The highest BCUT2D eigenvalue weighted by atomic mass is 28.4. The molecule has 0 saturated heterocycles. The highest BCUT2D eigenvalue weighted by Crippen LogP contribution is 2.53. The summed E-state index contributed by atoms with van der Waals surface area (Å²) in [5, 5.41) is 10.2. The summed E-state index contributed by atoms with van der Waals surface area (Å²) < 4.78 is 6.68. The van der Waals surface area contributed by atoms with Crippen LogP contribution in [0.5, 0.6) is 0 Å². The lowest BCUT2D eigenvalue weighted by molar-refractivity contribution is 0.0535. The Morgan fingerprint density at radius 1 is 1.17 bits per heavy atom. The molecule has 1 spiro atoms. The van der Waals surface area contributed by atoms with Gasteiger partial charge in [0.2, 0.25) is 0 Å². The Hall–Kier alpha value is 0.137.